The monoisotopic (exact) mass is 422 g/mol. The van der Waals surface area contributed by atoms with Crippen molar-refractivity contribution in [3.05, 3.63) is 59.9 Å². The lowest BCUT2D eigenvalue weighted by Crippen LogP contribution is -2.34. The van der Waals surface area contributed by atoms with Crippen LogP contribution in [0.25, 0.3) is 0 Å². The molecule has 0 saturated carbocycles. The van der Waals surface area contributed by atoms with Gasteiger partial charge in [-0.2, -0.15) is 4.31 Å². The Morgan fingerprint density at radius 2 is 1.66 bits per heavy atom. The number of anilines is 1. The number of carbonyl (C=O) groups is 2. The van der Waals surface area contributed by atoms with Gasteiger partial charge in [-0.1, -0.05) is 26.0 Å². The van der Waals surface area contributed by atoms with Crippen LogP contribution in [-0.2, 0) is 24.3 Å². The first kappa shape index (κ1) is 22.5. The molecule has 0 bridgehead atoms. The largest absolute Gasteiger partial charge is 0.455 e. The van der Waals surface area contributed by atoms with Gasteiger partial charge in [0.15, 0.2) is 6.61 Å². The van der Waals surface area contributed by atoms with Crippen molar-refractivity contribution in [2.75, 3.05) is 25.5 Å². The molecule has 0 aromatic heterocycles. The normalized spacial score (nSPS) is 11.5. The molecule has 1 amide bonds. The minimum Gasteiger partial charge on any atom is -0.455 e. The van der Waals surface area contributed by atoms with Crippen molar-refractivity contribution in [3.8, 4) is 0 Å². The average Bonchev–Trinajstić information content (AvgIpc) is 2.67. The summed E-state index contributed by atoms with van der Waals surface area (Å²) in [6.45, 7) is 2.98. The maximum atomic E-state index is 13.0. The van der Waals surface area contributed by atoms with Crippen LogP contribution in [0.1, 0.15) is 25.3 Å². The molecule has 0 aliphatic heterocycles. The maximum Gasteiger partial charge on any atom is 0.321 e. The van der Waals surface area contributed by atoms with Gasteiger partial charge in [-0.25, -0.2) is 12.8 Å². The van der Waals surface area contributed by atoms with Crippen LogP contribution in [0.5, 0.6) is 0 Å². The molecule has 7 nitrogen and oxygen atoms in total. The Kier molecular flexibility index (Phi) is 7.46. The van der Waals surface area contributed by atoms with Crippen LogP contribution in [0.15, 0.2) is 53.4 Å². The van der Waals surface area contributed by atoms with E-state index in [-0.39, 0.29) is 4.90 Å². The van der Waals surface area contributed by atoms with Crippen molar-refractivity contribution in [1.29, 1.82) is 0 Å². The zero-order chi connectivity index (χ0) is 21.6. The van der Waals surface area contributed by atoms with Gasteiger partial charge in [0.25, 0.3) is 5.91 Å². The molecule has 2 aromatic carbocycles. The second-order valence-corrected chi connectivity index (χ2v) is 8.75. The number of halogens is 1. The molecule has 2 rings (SSSR count). The van der Waals surface area contributed by atoms with E-state index in [1.807, 2.05) is 12.1 Å². The van der Waals surface area contributed by atoms with Gasteiger partial charge in [0.1, 0.15) is 12.4 Å². The molecule has 0 unspecified atom stereocenters. The summed E-state index contributed by atoms with van der Waals surface area (Å²) in [7, 11) is -2.79. The van der Waals surface area contributed by atoms with Gasteiger partial charge in [-0.3, -0.25) is 9.59 Å². The third-order valence-corrected chi connectivity index (χ3v) is 5.92. The van der Waals surface area contributed by atoms with Crippen LogP contribution in [0.2, 0.25) is 0 Å². The summed E-state index contributed by atoms with van der Waals surface area (Å²) < 4.78 is 43.3. The van der Waals surface area contributed by atoms with E-state index in [0.717, 1.165) is 34.1 Å². The Morgan fingerprint density at radius 3 is 2.21 bits per heavy atom. The number of hydrogen-bond donors (Lipinski definition) is 1. The molecular formula is C20H23FN2O5S. The molecule has 0 heterocycles. The van der Waals surface area contributed by atoms with Crippen molar-refractivity contribution in [1.82, 2.24) is 4.31 Å². The van der Waals surface area contributed by atoms with Crippen LogP contribution >= 0.6 is 0 Å². The minimum atomic E-state index is -3.98. The molecule has 156 valence electrons. The van der Waals surface area contributed by atoms with Crippen LogP contribution in [-0.4, -0.2) is 44.8 Å². The van der Waals surface area contributed by atoms with Crippen molar-refractivity contribution in [2.45, 2.75) is 24.7 Å². The zero-order valence-corrected chi connectivity index (χ0v) is 17.2. The van der Waals surface area contributed by atoms with Crippen molar-refractivity contribution < 1.29 is 27.1 Å². The molecule has 9 heteroatoms. The number of esters is 1. The van der Waals surface area contributed by atoms with Gasteiger partial charge >= 0.3 is 5.97 Å². The summed E-state index contributed by atoms with van der Waals surface area (Å²) >= 11 is 0. The molecule has 0 fully saturated rings. The highest BCUT2D eigenvalue weighted by Crippen LogP contribution is 2.17. The molecule has 1 N–H and O–H groups in total. The lowest BCUT2D eigenvalue weighted by atomic mass is 10.0. The van der Waals surface area contributed by atoms with E-state index in [4.69, 9.17) is 4.74 Å². The highest BCUT2D eigenvalue weighted by molar-refractivity contribution is 7.89. The number of rotatable bonds is 8. The second kappa shape index (κ2) is 9.62. The third-order valence-electron chi connectivity index (χ3n) is 4.10. The number of likely N-dealkylation sites (N-methyl/N-ethyl adjacent to an activating group) is 1. The predicted molar refractivity (Wildman–Crippen MR) is 106 cm³/mol. The lowest BCUT2D eigenvalue weighted by Gasteiger charge is -2.16. The molecule has 0 atom stereocenters. The molecule has 0 spiro atoms. The Labute approximate surface area is 169 Å². The molecule has 0 aliphatic rings. The summed E-state index contributed by atoms with van der Waals surface area (Å²) in [6.07, 6.45) is 0. The Hall–Kier alpha value is -2.78. The predicted octanol–water partition coefficient (Wildman–Crippen LogP) is 2.75. The highest BCUT2D eigenvalue weighted by Gasteiger charge is 2.24. The molecule has 0 aliphatic carbocycles. The van der Waals surface area contributed by atoms with Gasteiger partial charge in [-0.05, 0) is 47.9 Å². The zero-order valence-electron chi connectivity index (χ0n) is 16.4. The Balaban J connectivity index is 1.85. The summed E-state index contributed by atoms with van der Waals surface area (Å²) in [4.78, 5) is 23.7. The minimum absolute atomic E-state index is 0.156. The number of hydrogen-bond acceptors (Lipinski definition) is 5. The number of amides is 1. The Morgan fingerprint density at radius 1 is 1.07 bits per heavy atom. The number of nitrogens with zero attached hydrogens (tertiary/aromatic N) is 1. The number of sulfonamides is 1. The maximum absolute atomic E-state index is 13.0. The van der Waals surface area contributed by atoms with Crippen LogP contribution in [0.3, 0.4) is 0 Å². The quantitative estimate of drug-likeness (QED) is 0.661. The van der Waals surface area contributed by atoms with Crippen molar-refractivity contribution >= 4 is 27.6 Å². The standard InChI is InChI=1S/C20H23FN2O5S/c1-14(2)15-4-8-17(9-5-15)22-19(24)13-28-20(25)12-23(3)29(26,27)18-10-6-16(21)7-11-18/h4-11,14H,12-13H2,1-3H3,(H,22,24). The molecule has 29 heavy (non-hydrogen) atoms. The molecule has 0 saturated heterocycles. The van der Waals surface area contributed by atoms with Crippen LogP contribution in [0.4, 0.5) is 10.1 Å². The summed E-state index contributed by atoms with van der Waals surface area (Å²) in [5.74, 6) is -1.64. The van der Waals surface area contributed by atoms with Gasteiger partial charge in [0.2, 0.25) is 10.0 Å². The lowest BCUT2D eigenvalue weighted by molar-refractivity contribution is -0.147. The first-order valence-electron chi connectivity index (χ1n) is 8.87. The summed E-state index contributed by atoms with van der Waals surface area (Å²) in [6, 6.07) is 11.5. The van der Waals surface area contributed by atoms with E-state index in [9.17, 15) is 22.4 Å². The topological polar surface area (TPSA) is 92.8 Å². The smallest absolute Gasteiger partial charge is 0.321 e. The summed E-state index contributed by atoms with van der Waals surface area (Å²) in [5.41, 5.74) is 1.69. The van der Waals surface area contributed by atoms with Gasteiger partial charge < -0.3 is 10.1 Å². The number of nitrogens with one attached hydrogen (secondary N) is 1. The fourth-order valence-corrected chi connectivity index (χ4v) is 3.51. The molecular weight excluding hydrogens is 399 g/mol. The summed E-state index contributed by atoms with van der Waals surface area (Å²) in [5, 5.41) is 2.59. The first-order chi connectivity index (χ1) is 13.6. The Bertz CT molecular complexity index is 957. The third kappa shape index (κ3) is 6.37. The highest BCUT2D eigenvalue weighted by atomic mass is 32.2. The van der Waals surface area contributed by atoms with E-state index >= 15 is 0 Å². The second-order valence-electron chi connectivity index (χ2n) is 6.70. The van der Waals surface area contributed by atoms with E-state index in [0.29, 0.717) is 11.6 Å². The number of ether oxygens (including phenoxy) is 1. The van der Waals surface area contributed by atoms with Gasteiger partial charge in [0, 0.05) is 12.7 Å². The van der Waals surface area contributed by atoms with Crippen LogP contribution in [0, 0.1) is 5.82 Å². The van der Waals surface area contributed by atoms with E-state index < -0.39 is 40.9 Å². The van der Waals surface area contributed by atoms with Crippen molar-refractivity contribution in [2.24, 2.45) is 0 Å². The fraction of sp³-hybridized carbons (Fsp3) is 0.300. The van der Waals surface area contributed by atoms with E-state index in [1.54, 1.807) is 12.1 Å². The number of benzene rings is 2. The van der Waals surface area contributed by atoms with Gasteiger partial charge in [-0.15, -0.1) is 0 Å². The van der Waals surface area contributed by atoms with Crippen LogP contribution < -0.4 is 5.32 Å². The van der Waals surface area contributed by atoms with E-state index in [1.165, 1.54) is 7.05 Å². The average molecular weight is 422 g/mol. The molecule has 2 aromatic rings. The molecule has 0 radical (unpaired) electrons. The van der Waals surface area contributed by atoms with Crippen molar-refractivity contribution in [3.63, 3.8) is 0 Å². The first-order valence-corrected chi connectivity index (χ1v) is 10.3. The number of carbonyl (C=O) groups excluding carboxylic acids is 2. The fourth-order valence-electron chi connectivity index (χ4n) is 2.39. The SMILES string of the molecule is CC(C)c1ccc(NC(=O)COC(=O)CN(C)S(=O)(=O)c2ccc(F)cc2)cc1. The van der Waals surface area contributed by atoms with E-state index in [2.05, 4.69) is 19.2 Å². The van der Waals surface area contributed by atoms with Gasteiger partial charge in [0.05, 0.1) is 4.90 Å².